The summed E-state index contributed by atoms with van der Waals surface area (Å²) in [6.07, 6.45) is 0. The number of nitrogens with zero attached hydrogens (tertiary/aromatic N) is 2. The Morgan fingerprint density at radius 1 is 1.43 bits per heavy atom. The largest absolute Gasteiger partial charge is 0.307 e. The molecule has 2 rings (SSSR count). The highest BCUT2D eigenvalue weighted by molar-refractivity contribution is 7.99. The average Bonchev–Trinajstić information content (AvgIpc) is 2.18. The smallest absolute Gasteiger partial charge is 0.125 e. The molecule has 0 spiro atoms. The van der Waals surface area contributed by atoms with Crippen LogP contribution in [0.3, 0.4) is 0 Å². The van der Waals surface area contributed by atoms with Crippen LogP contribution in [0, 0.1) is 13.8 Å². The molecule has 1 atom stereocenters. The topological polar surface area (TPSA) is 37.8 Å². The van der Waals surface area contributed by atoms with Gasteiger partial charge in [-0.2, -0.15) is 11.8 Å². The van der Waals surface area contributed by atoms with Crippen LogP contribution in [0.1, 0.15) is 23.3 Å². The number of rotatable bonds is 1. The van der Waals surface area contributed by atoms with E-state index in [1.54, 1.807) is 0 Å². The molecule has 0 aromatic carbocycles. The number of aryl methyl sites for hydroxylation is 2. The van der Waals surface area contributed by atoms with Crippen molar-refractivity contribution in [3.05, 3.63) is 23.3 Å². The van der Waals surface area contributed by atoms with E-state index in [1.165, 1.54) is 5.75 Å². The minimum atomic E-state index is 0.411. The first-order chi connectivity index (χ1) is 6.75. The van der Waals surface area contributed by atoms with Crippen LogP contribution in [0.15, 0.2) is 6.07 Å². The number of hydrogen-bond donors (Lipinski definition) is 1. The fraction of sp³-hybridized carbons (Fsp3) is 0.600. The van der Waals surface area contributed by atoms with Gasteiger partial charge in [0.25, 0.3) is 0 Å². The molecule has 4 heteroatoms. The molecule has 1 aliphatic rings. The van der Waals surface area contributed by atoms with Crippen LogP contribution >= 0.6 is 11.8 Å². The normalized spacial score (nSPS) is 22.3. The van der Waals surface area contributed by atoms with Crippen LogP contribution in [0.5, 0.6) is 0 Å². The SMILES string of the molecule is Cc1cc(C2CSCCN2)nc(C)n1. The molecule has 0 aliphatic carbocycles. The van der Waals surface area contributed by atoms with Gasteiger partial charge in [-0.1, -0.05) is 0 Å². The lowest BCUT2D eigenvalue weighted by Crippen LogP contribution is -2.31. The Kier molecular flexibility index (Phi) is 3.03. The maximum atomic E-state index is 4.47. The van der Waals surface area contributed by atoms with Gasteiger partial charge >= 0.3 is 0 Å². The van der Waals surface area contributed by atoms with Gasteiger partial charge in [0.05, 0.1) is 11.7 Å². The zero-order chi connectivity index (χ0) is 9.97. The first-order valence-corrected chi connectivity index (χ1v) is 6.04. The molecule has 0 bridgehead atoms. The zero-order valence-electron chi connectivity index (χ0n) is 8.58. The predicted octanol–water partition coefficient (Wildman–Crippen LogP) is 1.47. The summed E-state index contributed by atoms with van der Waals surface area (Å²) in [4.78, 5) is 8.75. The van der Waals surface area contributed by atoms with E-state index < -0.39 is 0 Å². The molecule has 1 unspecified atom stereocenters. The molecular formula is C10H15N3S. The first kappa shape index (κ1) is 9.93. The molecule has 1 N–H and O–H groups in total. The van der Waals surface area contributed by atoms with Crippen molar-refractivity contribution in [3.8, 4) is 0 Å². The van der Waals surface area contributed by atoms with Crippen LogP contribution in [0.25, 0.3) is 0 Å². The third-order valence-electron chi connectivity index (χ3n) is 2.26. The van der Waals surface area contributed by atoms with E-state index in [-0.39, 0.29) is 0 Å². The summed E-state index contributed by atoms with van der Waals surface area (Å²) in [6.45, 7) is 5.05. The molecule has 2 heterocycles. The predicted molar refractivity (Wildman–Crippen MR) is 59.6 cm³/mol. The van der Waals surface area contributed by atoms with Crippen molar-refractivity contribution < 1.29 is 0 Å². The van der Waals surface area contributed by atoms with Gasteiger partial charge in [0.15, 0.2) is 0 Å². The molecule has 0 radical (unpaired) electrons. The molecule has 1 fully saturated rings. The van der Waals surface area contributed by atoms with Gasteiger partial charge in [-0.25, -0.2) is 9.97 Å². The third-order valence-corrected chi connectivity index (χ3v) is 3.33. The summed E-state index contributed by atoms with van der Waals surface area (Å²) in [7, 11) is 0. The van der Waals surface area contributed by atoms with Gasteiger partial charge in [0.2, 0.25) is 0 Å². The molecule has 1 aliphatic heterocycles. The third kappa shape index (κ3) is 2.25. The van der Waals surface area contributed by atoms with Gasteiger partial charge in [0, 0.05) is 23.7 Å². The number of nitrogens with one attached hydrogen (secondary N) is 1. The minimum Gasteiger partial charge on any atom is -0.307 e. The summed E-state index contributed by atoms with van der Waals surface area (Å²) < 4.78 is 0. The maximum absolute atomic E-state index is 4.47. The van der Waals surface area contributed by atoms with Gasteiger partial charge in [-0.05, 0) is 19.9 Å². The van der Waals surface area contributed by atoms with Crippen molar-refractivity contribution in [2.45, 2.75) is 19.9 Å². The van der Waals surface area contributed by atoms with E-state index in [0.29, 0.717) is 6.04 Å². The number of aromatic nitrogens is 2. The zero-order valence-corrected chi connectivity index (χ0v) is 9.40. The second kappa shape index (κ2) is 4.28. The maximum Gasteiger partial charge on any atom is 0.125 e. The molecule has 0 amide bonds. The molecule has 1 aromatic rings. The van der Waals surface area contributed by atoms with E-state index in [1.807, 2.05) is 25.6 Å². The number of thioether (sulfide) groups is 1. The van der Waals surface area contributed by atoms with Gasteiger partial charge in [-0.15, -0.1) is 0 Å². The Bertz CT molecular complexity index is 301. The minimum absolute atomic E-state index is 0.411. The highest BCUT2D eigenvalue weighted by Gasteiger charge is 2.16. The van der Waals surface area contributed by atoms with Crippen LogP contribution < -0.4 is 5.32 Å². The highest BCUT2D eigenvalue weighted by atomic mass is 32.2. The van der Waals surface area contributed by atoms with Crippen molar-refractivity contribution in [1.29, 1.82) is 0 Å². The van der Waals surface area contributed by atoms with Crippen LogP contribution in [0.2, 0.25) is 0 Å². The van der Waals surface area contributed by atoms with E-state index in [9.17, 15) is 0 Å². The summed E-state index contributed by atoms with van der Waals surface area (Å²) in [5, 5.41) is 3.48. The van der Waals surface area contributed by atoms with Gasteiger partial charge < -0.3 is 5.32 Å². The van der Waals surface area contributed by atoms with E-state index in [0.717, 1.165) is 29.5 Å². The van der Waals surface area contributed by atoms with Crippen molar-refractivity contribution in [3.63, 3.8) is 0 Å². The molecule has 0 saturated carbocycles. The molecule has 1 saturated heterocycles. The summed E-state index contributed by atoms with van der Waals surface area (Å²) in [5.41, 5.74) is 2.20. The second-order valence-electron chi connectivity index (χ2n) is 3.56. The molecular weight excluding hydrogens is 194 g/mol. The van der Waals surface area contributed by atoms with Crippen LogP contribution in [-0.4, -0.2) is 28.0 Å². The van der Waals surface area contributed by atoms with Gasteiger partial charge in [-0.3, -0.25) is 0 Å². The van der Waals surface area contributed by atoms with Crippen LogP contribution in [0.4, 0.5) is 0 Å². The number of hydrogen-bond acceptors (Lipinski definition) is 4. The lowest BCUT2D eigenvalue weighted by atomic mass is 10.2. The van der Waals surface area contributed by atoms with Crippen molar-refractivity contribution in [1.82, 2.24) is 15.3 Å². The first-order valence-electron chi connectivity index (χ1n) is 4.89. The quantitative estimate of drug-likeness (QED) is 0.760. The Hall–Kier alpha value is -0.610. The molecule has 14 heavy (non-hydrogen) atoms. The Labute approximate surface area is 88.7 Å². The lowest BCUT2D eigenvalue weighted by molar-refractivity contribution is 0.576. The molecule has 76 valence electrons. The molecule has 3 nitrogen and oxygen atoms in total. The van der Waals surface area contributed by atoms with Crippen molar-refractivity contribution >= 4 is 11.8 Å². The standard InChI is InChI=1S/C10H15N3S/c1-7-5-9(13-8(2)12-7)10-6-14-4-3-11-10/h5,10-11H,3-4,6H2,1-2H3. The fourth-order valence-electron chi connectivity index (χ4n) is 1.68. The van der Waals surface area contributed by atoms with E-state index in [2.05, 4.69) is 21.4 Å². The van der Waals surface area contributed by atoms with E-state index >= 15 is 0 Å². The molecule has 1 aromatic heterocycles. The average molecular weight is 209 g/mol. The summed E-state index contributed by atoms with van der Waals surface area (Å²) >= 11 is 1.99. The van der Waals surface area contributed by atoms with E-state index in [4.69, 9.17) is 0 Å². The van der Waals surface area contributed by atoms with Crippen LogP contribution in [-0.2, 0) is 0 Å². The Balaban J connectivity index is 2.21. The van der Waals surface area contributed by atoms with Crippen molar-refractivity contribution in [2.24, 2.45) is 0 Å². The monoisotopic (exact) mass is 209 g/mol. The Morgan fingerprint density at radius 2 is 2.29 bits per heavy atom. The Morgan fingerprint density at radius 3 is 2.93 bits per heavy atom. The van der Waals surface area contributed by atoms with Gasteiger partial charge in [0.1, 0.15) is 5.82 Å². The summed E-state index contributed by atoms with van der Waals surface area (Å²) in [5.74, 6) is 3.20. The fourth-order valence-corrected chi connectivity index (χ4v) is 2.63. The highest BCUT2D eigenvalue weighted by Crippen LogP contribution is 2.20. The second-order valence-corrected chi connectivity index (χ2v) is 4.71. The van der Waals surface area contributed by atoms with Crippen molar-refractivity contribution in [2.75, 3.05) is 18.1 Å². The lowest BCUT2D eigenvalue weighted by Gasteiger charge is -2.22. The summed E-state index contributed by atoms with van der Waals surface area (Å²) in [6, 6.07) is 2.49.